The first kappa shape index (κ1) is 19.6. The average Bonchev–Trinajstić information content (AvgIpc) is 3.06. The molecule has 2 amide bonds. The lowest BCUT2D eigenvalue weighted by Gasteiger charge is -2.30. The number of nitrogens with one attached hydrogen (secondary N) is 1. The molecule has 148 valence electrons. The molecular formula is C23H18N4O2S. The van der Waals surface area contributed by atoms with Gasteiger partial charge in [0.1, 0.15) is 12.1 Å². The Bertz CT molecular complexity index is 1300. The predicted octanol–water partition coefficient (Wildman–Crippen LogP) is 3.61. The third-order valence-corrected chi connectivity index (χ3v) is 5.56. The predicted molar refractivity (Wildman–Crippen MR) is 120 cm³/mol. The van der Waals surface area contributed by atoms with Gasteiger partial charge in [-0.3, -0.25) is 19.8 Å². The number of fused-ring (bicyclic) bond motifs is 1. The number of aryl methyl sites for hydroxylation is 1. The van der Waals surface area contributed by atoms with E-state index in [9.17, 15) is 9.59 Å². The van der Waals surface area contributed by atoms with Crippen LogP contribution in [0, 0.1) is 25.2 Å². The van der Waals surface area contributed by atoms with E-state index in [2.05, 4.69) is 11.4 Å². The summed E-state index contributed by atoms with van der Waals surface area (Å²) in [5, 5.41) is 12.6. The van der Waals surface area contributed by atoms with Gasteiger partial charge in [-0.05, 0) is 55.4 Å². The van der Waals surface area contributed by atoms with Gasteiger partial charge in [0, 0.05) is 22.7 Å². The number of carbonyl (C=O) groups excluding carboxylic acids is 2. The minimum Gasteiger partial charge on any atom is -0.333 e. The van der Waals surface area contributed by atoms with E-state index in [0.29, 0.717) is 11.3 Å². The molecule has 6 nitrogen and oxygen atoms in total. The van der Waals surface area contributed by atoms with Crippen molar-refractivity contribution in [2.24, 2.45) is 0 Å². The fourth-order valence-electron chi connectivity index (χ4n) is 3.61. The topological polar surface area (TPSA) is 78.1 Å². The molecule has 30 heavy (non-hydrogen) atoms. The first-order chi connectivity index (χ1) is 14.4. The molecule has 1 fully saturated rings. The number of aromatic nitrogens is 1. The van der Waals surface area contributed by atoms with Gasteiger partial charge in [-0.2, -0.15) is 5.26 Å². The van der Waals surface area contributed by atoms with Gasteiger partial charge in [0.05, 0.1) is 11.8 Å². The Morgan fingerprint density at radius 2 is 1.90 bits per heavy atom. The third-order valence-electron chi connectivity index (χ3n) is 5.28. The first-order valence-electron chi connectivity index (χ1n) is 9.35. The second-order valence-electron chi connectivity index (χ2n) is 7.06. The molecule has 1 aliphatic rings. The Morgan fingerprint density at radius 3 is 2.67 bits per heavy atom. The Balaban J connectivity index is 1.84. The molecule has 2 heterocycles. The second kappa shape index (κ2) is 7.58. The van der Waals surface area contributed by atoms with E-state index in [0.717, 1.165) is 22.0 Å². The van der Waals surface area contributed by atoms with Crippen LogP contribution in [0.1, 0.15) is 16.7 Å². The maximum absolute atomic E-state index is 13.3. The number of para-hydroxylation sites is 1. The van der Waals surface area contributed by atoms with E-state index in [1.165, 1.54) is 4.90 Å². The summed E-state index contributed by atoms with van der Waals surface area (Å²) in [5.74, 6) is -1.02. The van der Waals surface area contributed by atoms with Crippen molar-refractivity contribution < 1.29 is 9.59 Å². The van der Waals surface area contributed by atoms with Crippen molar-refractivity contribution in [3.63, 3.8) is 0 Å². The van der Waals surface area contributed by atoms with Crippen molar-refractivity contribution in [2.75, 3.05) is 4.90 Å². The molecule has 0 spiro atoms. The fourth-order valence-corrected chi connectivity index (χ4v) is 3.88. The molecule has 0 unspecified atom stereocenters. The number of hydrogen-bond acceptors (Lipinski definition) is 4. The molecule has 7 heteroatoms. The number of rotatable bonds is 3. The van der Waals surface area contributed by atoms with Crippen molar-refractivity contribution in [1.82, 2.24) is 9.88 Å². The number of thiocarbonyl (C=S) groups is 1. The zero-order valence-corrected chi connectivity index (χ0v) is 17.3. The molecule has 2 aromatic carbocycles. The second-order valence-corrected chi connectivity index (χ2v) is 7.45. The van der Waals surface area contributed by atoms with E-state index in [1.54, 1.807) is 22.9 Å². The summed E-state index contributed by atoms with van der Waals surface area (Å²) in [5.41, 5.74) is 4.11. The number of carbonyl (C=O) groups is 2. The Labute approximate surface area is 179 Å². The van der Waals surface area contributed by atoms with Crippen molar-refractivity contribution >= 4 is 51.8 Å². The Morgan fingerprint density at radius 1 is 1.13 bits per heavy atom. The molecule has 1 saturated heterocycles. The van der Waals surface area contributed by atoms with Crippen molar-refractivity contribution in [3.8, 4) is 6.07 Å². The van der Waals surface area contributed by atoms with Crippen LogP contribution in [0.4, 0.5) is 5.69 Å². The minimum absolute atomic E-state index is 0.00985. The zero-order valence-electron chi connectivity index (χ0n) is 16.5. The number of nitrogens with zero attached hydrogens (tertiary/aromatic N) is 3. The molecule has 1 N–H and O–H groups in total. The van der Waals surface area contributed by atoms with Crippen LogP contribution >= 0.6 is 12.2 Å². The van der Waals surface area contributed by atoms with Crippen molar-refractivity contribution in [3.05, 3.63) is 70.9 Å². The molecule has 0 bridgehead atoms. The minimum atomic E-state index is -0.538. The molecule has 3 aromatic rings. The molecule has 0 aliphatic carbocycles. The molecule has 0 radical (unpaired) electrons. The highest BCUT2D eigenvalue weighted by Gasteiger charge is 2.35. The highest BCUT2D eigenvalue weighted by atomic mass is 32.1. The fraction of sp³-hybridized carbons (Fsp3) is 0.130. The van der Waals surface area contributed by atoms with Gasteiger partial charge in [-0.1, -0.05) is 30.3 Å². The largest absolute Gasteiger partial charge is 0.333 e. The number of hydrogen-bond donors (Lipinski definition) is 1. The van der Waals surface area contributed by atoms with E-state index >= 15 is 0 Å². The average molecular weight is 414 g/mol. The highest BCUT2D eigenvalue weighted by Crippen LogP contribution is 2.29. The third kappa shape index (κ3) is 3.17. The number of amides is 2. The summed E-state index contributed by atoms with van der Waals surface area (Å²) >= 11 is 5.31. The van der Waals surface area contributed by atoms with Gasteiger partial charge in [-0.25, -0.2) is 0 Å². The summed E-state index contributed by atoms with van der Waals surface area (Å²) in [6.07, 6.45) is 3.34. The van der Waals surface area contributed by atoms with Gasteiger partial charge in [0.15, 0.2) is 5.11 Å². The Kier molecular flexibility index (Phi) is 4.94. The molecular weight excluding hydrogens is 396 g/mol. The van der Waals surface area contributed by atoms with Crippen molar-refractivity contribution in [1.29, 1.82) is 5.26 Å². The maximum Gasteiger partial charge on any atom is 0.270 e. The van der Waals surface area contributed by atoms with Crippen LogP contribution in [0.5, 0.6) is 0 Å². The van der Waals surface area contributed by atoms with Gasteiger partial charge in [0.2, 0.25) is 0 Å². The highest BCUT2D eigenvalue weighted by molar-refractivity contribution is 7.80. The summed E-state index contributed by atoms with van der Waals surface area (Å²) in [6.45, 7) is 4.04. The SMILES string of the molecule is Cc1cccc(N2C(=O)C(=Cc3cn(CC#N)c4ccccc34)C(=O)NC2=S)c1C. The van der Waals surface area contributed by atoms with Crippen LogP contribution in [-0.4, -0.2) is 21.5 Å². The molecule has 0 saturated carbocycles. The first-order valence-corrected chi connectivity index (χ1v) is 9.75. The van der Waals surface area contributed by atoms with E-state index < -0.39 is 11.8 Å². The lowest BCUT2D eigenvalue weighted by molar-refractivity contribution is -0.122. The van der Waals surface area contributed by atoms with Crippen LogP contribution in [0.2, 0.25) is 0 Å². The van der Waals surface area contributed by atoms with E-state index in [-0.39, 0.29) is 17.2 Å². The number of nitriles is 1. The molecule has 1 aromatic heterocycles. The van der Waals surface area contributed by atoms with Gasteiger partial charge < -0.3 is 4.57 Å². The molecule has 0 atom stereocenters. The summed E-state index contributed by atoms with van der Waals surface area (Å²) < 4.78 is 1.79. The standard InChI is InChI=1S/C23H18N4O2S/c1-14-6-5-9-19(15(14)2)27-22(29)18(21(28)25-23(27)30)12-16-13-26(11-10-24)20-8-4-3-7-17(16)20/h3-9,12-13H,11H2,1-2H3,(H,25,28,30). The molecule has 4 rings (SSSR count). The van der Waals surface area contributed by atoms with Crippen LogP contribution in [-0.2, 0) is 16.1 Å². The van der Waals surface area contributed by atoms with Crippen molar-refractivity contribution in [2.45, 2.75) is 20.4 Å². The zero-order chi connectivity index (χ0) is 21.4. The smallest absolute Gasteiger partial charge is 0.270 e. The molecule has 1 aliphatic heterocycles. The van der Waals surface area contributed by atoms with Crippen LogP contribution in [0.3, 0.4) is 0 Å². The normalized spacial score (nSPS) is 15.6. The number of benzene rings is 2. The summed E-state index contributed by atoms with van der Waals surface area (Å²) in [7, 11) is 0. The van der Waals surface area contributed by atoms with Gasteiger partial charge in [0.25, 0.3) is 11.8 Å². The summed E-state index contributed by atoms with van der Waals surface area (Å²) in [4.78, 5) is 27.3. The van der Waals surface area contributed by atoms with Crippen LogP contribution in [0.25, 0.3) is 17.0 Å². The Hall–Kier alpha value is -3.76. The van der Waals surface area contributed by atoms with Gasteiger partial charge >= 0.3 is 0 Å². The maximum atomic E-state index is 13.3. The lowest BCUT2D eigenvalue weighted by atomic mass is 10.0. The summed E-state index contributed by atoms with van der Waals surface area (Å²) in [6, 6.07) is 15.3. The number of anilines is 1. The van der Waals surface area contributed by atoms with E-state index in [4.69, 9.17) is 17.5 Å². The van der Waals surface area contributed by atoms with Crippen LogP contribution in [0.15, 0.2) is 54.2 Å². The quantitative estimate of drug-likeness (QED) is 0.403. The van der Waals surface area contributed by atoms with Gasteiger partial charge in [-0.15, -0.1) is 0 Å². The lowest BCUT2D eigenvalue weighted by Crippen LogP contribution is -2.54. The van der Waals surface area contributed by atoms with Crippen LogP contribution < -0.4 is 10.2 Å². The monoisotopic (exact) mass is 414 g/mol. The van der Waals surface area contributed by atoms with E-state index in [1.807, 2.05) is 50.2 Å².